The molecule has 1 fully saturated rings. The second kappa shape index (κ2) is 15.4. The van der Waals surface area contributed by atoms with Gasteiger partial charge in [0.05, 0.1) is 11.7 Å². The van der Waals surface area contributed by atoms with E-state index in [1.807, 2.05) is 12.1 Å². The standard InChI is InChI=1S/C31H36N4O.3ClH/c1-3-26-28(34-31(33-26)25-17-11-10-12-22(25)2)30(36)29(35-20-18-32-19-21-35)27(23-13-6-4-7-14-23)24-15-8-5-9-16-24;;;/h4-17,27,29-30,32,36H,3,18-21H2,1-2H3,(H,33,34);3*1H. The number of piperazine rings is 1. The number of halogens is 3. The molecule has 5 nitrogen and oxygen atoms in total. The zero-order valence-corrected chi connectivity index (χ0v) is 24.9. The number of H-pyrrole nitrogens is 1. The highest BCUT2D eigenvalue weighted by Crippen LogP contribution is 2.39. The van der Waals surface area contributed by atoms with Crippen LogP contribution < -0.4 is 5.32 Å². The van der Waals surface area contributed by atoms with E-state index in [4.69, 9.17) is 4.98 Å². The van der Waals surface area contributed by atoms with Crippen LogP contribution in [0.2, 0.25) is 0 Å². The fraction of sp³-hybridized carbons (Fsp3) is 0.323. The summed E-state index contributed by atoms with van der Waals surface area (Å²) in [5, 5.41) is 15.7. The summed E-state index contributed by atoms with van der Waals surface area (Å²) in [5.74, 6) is 0.831. The lowest BCUT2D eigenvalue weighted by molar-refractivity contribution is 0.0294. The van der Waals surface area contributed by atoms with Gasteiger partial charge in [-0.15, -0.1) is 37.2 Å². The summed E-state index contributed by atoms with van der Waals surface area (Å²) in [6.45, 7) is 7.81. The maximum atomic E-state index is 12.2. The van der Waals surface area contributed by atoms with Gasteiger partial charge < -0.3 is 15.4 Å². The number of rotatable bonds is 8. The zero-order chi connectivity index (χ0) is 24.9. The molecule has 39 heavy (non-hydrogen) atoms. The molecule has 0 bridgehead atoms. The minimum Gasteiger partial charge on any atom is -0.385 e. The van der Waals surface area contributed by atoms with Crippen LogP contribution in [-0.2, 0) is 6.42 Å². The Morgan fingerprint density at radius 1 is 0.821 bits per heavy atom. The molecule has 4 aromatic rings. The first-order valence-corrected chi connectivity index (χ1v) is 13.0. The van der Waals surface area contributed by atoms with E-state index in [9.17, 15) is 5.11 Å². The summed E-state index contributed by atoms with van der Waals surface area (Å²) in [5.41, 5.74) is 6.42. The average molecular weight is 590 g/mol. The number of aryl methyl sites for hydroxylation is 2. The summed E-state index contributed by atoms with van der Waals surface area (Å²) in [6, 6.07) is 29.3. The second-order valence-electron chi connectivity index (χ2n) is 9.64. The van der Waals surface area contributed by atoms with E-state index < -0.39 is 6.10 Å². The SMILES string of the molecule is CCc1[nH]c(-c2ccccc2C)nc1C(O)C(C(c1ccccc1)c1ccccc1)N1CCNCC1.Cl.Cl.Cl. The number of imidazole rings is 1. The largest absolute Gasteiger partial charge is 0.385 e. The van der Waals surface area contributed by atoms with Crippen molar-refractivity contribution in [2.45, 2.75) is 38.3 Å². The third-order valence-electron chi connectivity index (χ3n) is 7.40. The van der Waals surface area contributed by atoms with Gasteiger partial charge in [-0.3, -0.25) is 4.90 Å². The molecule has 1 aliphatic heterocycles. The van der Waals surface area contributed by atoms with E-state index in [1.54, 1.807) is 0 Å². The number of aromatic nitrogens is 2. The number of nitrogens with one attached hydrogen (secondary N) is 2. The molecule has 0 radical (unpaired) electrons. The molecule has 1 aromatic heterocycles. The van der Waals surface area contributed by atoms with E-state index >= 15 is 0 Å². The van der Waals surface area contributed by atoms with Gasteiger partial charge in [0, 0.05) is 43.4 Å². The van der Waals surface area contributed by atoms with Crippen molar-refractivity contribution >= 4 is 37.2 Å². The van der Waals surface area contributed by atoms with Crippen LogP contribution in [0.1, 0.15) is 47.0 Å². The predicted molar refractivity (Wildman–Crippen MR) is 168 cm³/mol. The van der Waals surface area contributed by atoms with Gasteiger partial charge >= 0.3 is 0 Å². The monoisotopic (exact) mass is 588 g/mol. The Balaban J connectivity index is 0.00000178. The van der Waals surface area contributed by atoms with E-state index in [-0.39, 0.29) is 49.2 Å². The van der Waals surface area contributed by atoms with E-state index in [2.05, 4.69) is 102 Å². The molecular weight excluding hydrogens is 551 g/mol. The lowest BCUT2D eigenvalue weighted by Crippen LogP contribution is -2.52. The van der Waals surface area contributed by atoms with Crippen LogP contribution in [-0.4, -0.2) is 52.2 Å². The zero-order valence-electron chi connectivity index (χ0n) is 22.4. The fourth-order valence-corrected chi connectivity index (χ4v) is 5.55. The highest BCUT2D eigenvalue weighted by molar-refractivity contribution is 5.86. The number of hydrogen-bond donors (Lipinski definition) is 3. The van der Waals surface area contributed by atoms with Gasteiger partial charge in [0.15, 0.2) is 0 Å². The molecule has 0 spiro atoms. The molecule has 2 heterocycles. The van der Waals surface area contributed by atoms with Gasteiger partial charge in [-0.25, -0.2) is 4.98 Å². The van der Waals surface area contributed by atoms with E-state index in [1.165, 1.54) is 16.7 Å². The molecular formula is C31H39Cl3N4O. The van der Waals surface area contributed by atoms with Crippen LogP contribution in [0.3, 0.4) is 0 Å². The molecule has 5 rings (SSSR count). The summed E-state index contributed by atoms with van der Waals surface area (Å²) in [4.78, 5) is 11.0. The number of hydrogen-bond acceptors (Lipinski definition) is 4. The first kappa shape index (κ1) is 32.8. The maximum absolute atomic E-state index is 12.2. The Morgan fingerprint density at radius 2 is 1.36 bits per heavy atom. The molecule has 1 saturated heterocycles. The fourth-order valence-electron chi connectivity index (χ4n) is 5.55. The number of nitrogens with zero attached hydrogens (tertiary/aromatic N) is 2. The first-order valence-electron chi connectivity index (χ1n) is 13.0. The third kappa shape index (κ3) is 7.23. The minimum absolute atomic E-state index is 0. The van der Waals surface area contributed by atoms with Crippen molar-refractivity contribution in [3.05, 3.63) is 113 Å². The van der Waals surface area contributed by atoms with Crippen molar-refractivity contribution in [3.8, 4) is 11.4 Å². The van der Waals surface area contributed by atoms with Crippen LogP contribution in [0, 0.1) is 6.92 Å². The van der Waals surface area contributed by atoms with Gasteiger partial charge in [0.1, 0.15) is 11.9 Å². The lowest BCUT2D eigenvalue weighted by atomic mass is 9.80. The molecule has 3 N–H and O–H groups in total. The molecule has 0 amide bonds. The van der Waals surface area contributed by atoms with Gasteiger partial charge in [0.2, 0.25) is 0 Å². The van der Waals surface area contributed by atoms with E-state index in [0.29, 0.717) is 0 Å². The Labute approximate surface area is 250 Å². The number of aliphatic hydroxyl groups excluding tert-OH is 1. The van der Waals surface area contributed by atoms with Crippen molar-refractivity contribution in [3.63, 3.8) is 0 Å². The summed E-state index contributed by atoms with van der Waals surface area (Å²) in [6.07, 6.45) is 0.0263. The van der Waals surface area contributed by atoms with Crippen molar-refractivity contribution < 1.29 is 5.11 Å². The van der Waals surface area contributed by atoms with Gasteiger partial charge in [-0.2, -0.15) is 0 Å². The molecule has 3 aromatic carbocycles. The normalized spacial score (nSPS) is 15.0. The first-order chi connectivity index (χ1) is 17.7. The summed E-state index contributed by atoms with van der Waals surface area (Å²) >= 11 is 0. The van der Waals surface area contributed by atoms with Crippen molar-refractivity contribution in [1.82, 2.24) is 20.2 Å². The number of aromatic amines is 1. The molecule has 2 unspecified atom stereocenters. The van der Waals surface area contributed by atoms with Crippen LogP contribution in [0.4, 0.5) is 0 Å². The molecule has 0 aliphatic carbocycles. The Hall–Kier alpha value is -2.38. The van der Waals surface area contributed by atoms with Crippen LogP contribution in [0.15, 0.2) is 84.9 Å². The third-order valence-corrected chi connectivity index (χ3v) is 7.40. The van der Waals surface area contributed by atoms with E-state index in [0.717, 1.165) is 55.4 Å². The minimum atomic E-state index is -0.752. The summed E-state index contributed by atoms with van der Waals surface area (Å²) in [7, 11) is 0. The van der Waals surface area contributed by atoms with Crippen molar-refractivity contribution in [2.75, 3.05) is 26.2 Å². The van der Waals surface area contributed by atoms with Crippen molar-refractivity contribution in [2.24, 2.45) is 0 Å². The highest BCUT2D eigenvalue weighted by Gasteiger charge is 2.38. The second-order valence-corrected chi connectivity index (χ2v) is 9.64. The highest BCUT2D eigenvalue weighted by atomic mass is 35.5. The van der Waals surface area contributed by atoms with Crippen LogP contribution in [0.5, 0.6) is 0 Å². The topological polar surface area (TPSA) is 64.2 Å². The smallest absolute Gasteiger partial charge is 0.138 e. The summed E-state index contributed by atoms with van der Waals surface area (Å²) < 4.78 is 0. The van der Waals surface area contributed by atoms with Crippen molar-refractivity contribution in [1.29, 1.82) is 0 Å². The predicted octanol–water partition coefficient (Wildman–Crippen LogP) is 6.35. The Morgan fingerprint density at radius 3 is 1.90 bits per heavy atom. The molecule has 0 saturated carbocycles. The van der Waals surface area contributed by atoms with Crippen LogP contribution >= 0.6 is 37.2 Å². The van der Waals surface area contributed by atoms with Gasteiger partial charge in [-0.1, -0.05) is 91.9 Å². The molecule has 2 atom stereocenters. The maximum Gasteiger partial charge on any atom is 0.138 e. The quantitative estimate of drug-likeness (QED) is 0.224. The Bertz CT molecular complexity index is 1220. The van der Waals surface area contributed by atoms with Gasteiger partial charge in [0.25, 0.3) is 0 Å². The number of benzene rings is 3. The lowest BCUT2D eigenvalue weighted by Gasteiger charge is -2.42. The number of aliphatic hydroxyl groups is 1. The average Bonchev–Trinajstić information content (AvgIpc) is 3.37. The molecule has 8 heteroatoms. The van der Waals surface area contributed by atoms with Gasteiger partial charge in [-0.05, 0) is 30.0 Å². The molecule has 1 aliphatic rings. The molecule has 210 valence electrons. The van der Waals surface area contributed by atoms with Crippen LogP contribution in [0.25, 0.3) is 11.4 Å². The Kier molecular flexibility index (Phi) is 13.0.